The number of anilines is 1. The average molecular weight is 246 g/mol. The molecular formula is C12H14N4O2. The van der Waals surface area contributed by atoms with Gasteiger partial charge in [0.1, 0.15) is 5.65 Å². The highest BCUT2D eigenvalue weighted by atomic mass is 16.5. The second kappa shape index (κ2) is 4.73. The van der Waals surface area contributed by atoms with Crippen molar-refractivity contribution in [1.82, 2.24) is 15.0 Å². The monoisotopic (exact) mass is 246 g/mol. The Hall–Kier alpha value is -1.95. The van der Waals surface area contributed by atoms with Gasteiger partial charge in [-0.15, -0.1) is 0 Å². The molecule has 0 aromatic carbocycles. The van der Waals surface area contributed by atoms with Gasteiger partial charge < -0.3 is 15.0 Å². The minimum absolute atomic E-state index is 0.154. The summed E-state index contributed by atoms with van der Waals surface area (Å²) in [5, 5.41) is 4.09. The lowest BCUT2D eigenvalue weighted by atomic mass is 10.1. The highest BCUT2D eigenvalue weighted by Crippen LogP contribution is 2.13. The van der Waals surface area contributed by atoms with Crippen LogP contribution in [0.2, 0.25) is 0 Å². The Bertz CT molecular complexity index is 604. The van der Waals surface area contributed by atoms with Crippen molar-refractivity contribution < 1.29 is 4.74 Å². The maximum absolute atomic E-state index is 11.2. The van der Waals surface area contributed by atoms with Crippen LogP contribution in [0.25, 0.3) is 11.0 Å². The molecule has 6 nitrogen and oxygen atoms in total. The van der Waals surface area contributed by atoms with Gasteiger partial charge in [-0.05, 0) is 18.9 Å². The third kappa shape index (κ3) is 2.33. The Morgan fingerprint density at radius 1 is 1.33 bits per heavy atom. The molecule has 3 heterocycles. The summed E-state index contributed by atoms with van der Waals surface area (Å²) in [6.07, 6.45) is 3.61. The highest BCUT2D eigenvalue weighted by Gasteiger charge is 2.14. The average Bonchev–Trinajstić information content (AvgIpc) is 2.39. The number of rotatable bonds is 2. The van der Waals surface area contributed by atoms with Crippen LogP contribution >= 0.6 is 0 Å². The van der Waals surface area contributed by atoms with E-state index in [1.165, 1.54) is 6.07 Å². The standard InChI is InChI=1S/C12H14N4O2/c17-10-2-1-8-7-13-12(16-11(8)15-10)14-9-3-5-18-6-4-9/h1-2,7,9H,3-6H2,(H2,13,14,15,16,17). The number of hydrogen-bond acceptors (Lipinski definition) is 5. The molecule has 0 radical (unpaired) electrons. The summed E-state index contributed by atoms with van der Waals surface area (Å²) in [5.41, 5.74) is 0.408. The van der Waals surface area contributed by atoms with E-state index in [9.17, 15) is 4.79 Å². The predicted octanol–water partition coefficient (Wildman–Crippen LogP) is 0.909. The van der Waals surface area contributed by atoms with Crippen LogP contribution in [-0.4, -0.2) is 34.2 Å². The minimum Gasteiger partial charge on any atom is -0.381 e. The van der Waals surface area contributed by atoms with Crippen LogP contribution in [0.3, 0.4) is 0 Å². The van der Waals surface area contributed by atoms with E-state index in [0.717, 1.165) is 31.4 Å². The van der Waals surface area contributed by atoms with E-state index in [0.29, 0.717) is 17.6 Å². The Balaban J connectivity index is 1.85. The van der Waals surface area contributed by atoms with Crippen molar-refractivity contribution in [3.63, 3.8) is 0 Å². The van der Waals surface area contributed by atoms with E-state index < -0.39 is 0 Å². The number of pyridine rings is 1. The fraction of sp³-hybridized carbons (Fsp3) is 0.417. The van der Waals surface area contributed by atoms with E-state index in [1.54, 1.807) is 12.3 Å². The SMILES string of the molecule is O=c1ccc2cnc(NC3CCOCC3)nc2[nH]1. The molecule has 18 heavy (non-hydrogen) atoms. The number of nitrogens with one attached hydrogen (secondary N) is 2. The van der Waals surface area contributed by atoms with Crippen molar-refractivity contribution in [2.45, 2.75) is 18.9 Å². The summed E-state index contributed by atoms with van der Waals surface area (Å²) in [5.74, 6) is 0.552. The number of aromatic nitrogens is 3. The lowest BCUT2D eigenvalue weighted by Gasteiger charge is -2.22. The van der Waals surface area contributed by atoms with Crippen LogP contribution in [0.4, 0.5) is 5.95 Å². The molecule has 1 aliphatic heterocycles. The molecule has 6 heteroatoms. The molecule has 3 rings (SSSR count). The zero-order chi connectivity index (χ0) is 12.4. The fourth-order valence-corrected chi connectivity index (χ4v) is 2.03. The lowest BCUT2D eigenvalue weighted by molar-refractivity contribution is 0.0903. The topological polar surface area (TPSA) is 79.9 Å². The summed E-state index contributed by atoms with van der Waals surface area (Å²) in [7, 11) is 0. The smallest absolute Gasteiger partial charge is 0.249 e. The van der Waals surface area contributed by atoms with E-state index >= 15 is 0 Å². The maximum atomic E-state index is 11.2. The van der Waals surface area contributed by atoms with Crippen LogP contribution in [0.15, 0.2) is 23.1 Å². The van der Waals surface area contributed by atoms with Gasteiger partial charge in [-0.1, -0.05) is 0 Å². The number of aromatic amines is 1. The Labute approximate surface area is 103 Å². The minimum atomic E-state index is -0.154. The molecule has 2 N–H and O–H groups in total. The van der Waals surface area contributed by atoms with E-state index in [4.69, 9.17) is 4.74 Å². The molecule has 0 saturated carbocycles. The van der Waals surface area contributed by atoms with Gasteiger partial charge >= 0.3 is 0 Å². The maximum Gasteiger partial charge on any atom is 0.249 e. The zero-order valence-electron chi connectivity index (χ0n) is 9.85. The predicted molar refractivity (Wildman–Crippen MR) is 67.6 cm³/mol. The first-order chi connectivity index (χ1) is 8.81. The van der Waals surface area contributed by atoms with Gasteiger partial charge in [0, 0.05) is 36.9 Å². The number of ether oxygens (including phenoxy) is 1. The molecule has 0 atom stereocenters. The van der Waals surface area contributed by atoms with Gasteiger partial charge in [0.15, 0.2) is 0 Å². The first-order valence-corrected chi connectivity index (χ1v) is 6.02. The van der Waals surface area contributed by atoms with Gasteiger partial charge in [-0.2, -0.15) is 4.98 Å². The summed E-state index contributed by atoms with van der Waals surface area (Å²) in [6.45, 7) is 1.53. The molecule has 2 aromatic rings. The quantitative estimate of drug-likeness (QED) is 0.823. The fourth-order valence-electron chi connectivity index (χ4n) is 2.03. The molecule has 2 aromatic heterocycles. The molecule has 0 amide bonds. The number of hydrogen-bond donors (Lipinski definition) is 2. The van der Waals surface area contributed by atoms with Crippen molar-refractivity contribution in [2.75, 3.05) is 18.5 Å². The van der Waals surface area contributed by atoms with Crippen LogP contribution in [0.5, 0.6) is 0 Å². The van der Waals surface area contributed by atoms with Gasteiger partial charge in [-0.25, -0.2) is 4.98 Å². The second-order valence-corrected chi connectivity index (χ2v) is 4.35. The van der Waals surface area contributed by atoms with Crippen LogP contribution in [-0.2, 0) is 4.74 Å². The summed E-state index contributed by atoms with van der Waals surface area (Å²) in [6, 6.07) is 3.52. The molecule has 1 aliphatic rings. The van der Waals surface area contributed by atoms with Crippen molar-refractivity contribution in [2.24, 2.45) is 0 Å². The third-order valence-electron chi connectivity index (χ3n) is 3.03. The van der Waals surface area contributed by atoms with Crippen LogP contribution in [0.1, 0.15) is 12.8 Å². The molecule has 1 fully saturated rings. The molecule has 0 aliphatic carbocycles. The van der Waals surface area contributed by atoms with Gasteiger partial charge in [0.25, 0.3) is 0 Å². The molecule has 0 bridgehead atoms. The number of H-pyrrole nitrogens is 1. The highest BCUT2D eigenvalue weighted by molar-refractivity contribution is 5.74. The first kappa shape index (κ1) is 11.2. The van der Waals surface area contributed by atoms with Crippen molar-refractivity contribution >= 4 is 17.0 Å². The van der Waals surface area contributed by atoms with E-state index in [2.05, 4.69) is 20.3 Å². The normalized spacial score (nSPS) is 16.9. The molecular weight excluding hydrogens is 232 g/mol. The first-order valence-electron chi connectivity index (χ1n) is 6.02. The summed E-state index contributed by atoms with van der Waals surface area (Å²) >= 11 is 0. The van der Waals surface area contributed by atoms with Gasteiger partial charge in [0.05, 0.1) is 0 Å². The van der Waals surface area contributed by atoms with Crippen molar-refractivity contribution in [3.05, 3.63) is 28.7 Å². The number of fused-ring (bicyclic) bond motifs is 1. The molecule has 94 valence electrons. The molecule has 0 unspecified atom stereocenters. The Morgan fingerprint density at radius 2 is 2.17 bits per heavy atom. The second-order valence-electron chi connectivity index (χ2n) is 4.35. The molecule has 1 saturated heterocycles. The molecule has 0 spiro atoms. The van der Waals surface area contributed by atoms with E-state index in [1.807, 2.05) is 0 Å². The van der Waals surface area contributed by atoms with Gasteiger partial charge in [0.2, 0.25) is 11.5 Å². The zero-order valence-corrected chi connectivity index (χ0v) is 9.85. The van der Waals surface area contributed by atoms with Crippen LogP contribution in [0, 0.1) is 0 Å². The third-order valence-corrected chi connectivity index (χ3v) is 3.03. The Morgan fingerprint density at radius 3 is 3.00 bits per heavy atom. The summed E-state index contributed by atoms with van der Waals surface area (Å²) < 4.78 is 5.30. The number of nitrogens with zero attached hydrogens (tertiary/aromatic N) is 2. The van der Waals surface area contributed by atoms with Crippen molar-refractivity contribution in [1.29, 1.82) is 0 Å². The lowest BCUT2D eigenvalue weighted by Crippen LogP contribution is -2.28. The largest absolute Gasteiger partial charge is 0.381 e. The summed E-state index contributed by atoms with van der Waals surface area (Å²) in [4.78, 5) is 22.5. The van der Waals surface area contributed by atoms with E-state index in [-0.39, 0.29) is 5.56 Å². The van der Waals surface area contributed by atoms with Gasteiger partial charge in [-0.3, -0.25) is 4.79 Å². The Kier molecular flexibility index (Phi) is 2.93. The van der Waals surface area contributed by atoms with Crippen LogP contribution < -0.4 is 10.9 Å². The van der Waals surface area contributed by atoms with Crippen molar-refractivity contribution in [3.8, 4) is 0 Å².